The average molecular weight is 469 g/mol. The van der Waals surface area contributed by atoms with Crippen LogP contribution < -0.4 is 26.8 Å². The molecule has 180 valence electrons. The molecule has 1 aromatic carbocycles. The van der Waals surface area contributed by atoms with Crippen molar-refractivity contribution in [3.8, 4) is 5.75 Å². The number of fused-ring (bicyclic) bond motifs is 1. The Morgan fingerprint density at radius 1 is 1.21 bits per heavy atom. The van der Waals surface area contributed by atoms with E-state index in [1.165, 1.54) is 18.5 Å². The van der Waals surface area contributed by atoms with Crippen LogP contribution in [-0.4, -0.2) is 48.3 Å². The third-order valence-corrected chi connectivity index (χ3v) is 5.92. The van der Waals surface area contributed by atoms with Crippen molar-refractivity contribution in [3.05, 3.63) is 48.0 Å². The van der Waals surface area contributed by atoms with Crippen LogP contribution in [0.4, 0.5) is 21.6 Å². The lowest BCUT2D eigenvalue weighted by molar-refractivity contribution is 0.100. The molecule has 1 fully saturated rings. The molecule has 34 heavy (non-hydrogen) atoms. The monoisotopic (exact) mass is 468 g/mol. The molecule has 2 heterocycles. The SMILES string of the molecule is COCCOc1cc(NC2CCCCC2N)c2c(F)c(Nc3ncccc3C(N)=O)cnc2c1. The Morgan fingerprint density at radius 2 is 2.03 bits per heavy atom. The molecule has 2 aromatic heterocycles. The van der Waals surface area contributed by atoms with E-state index in [1.807, 2.05) is 0 Å². The number of halogens is 1. The fraction of sp³-hybridized carbons (Fsp3) is 0.375. The van der Waals surface area contributed by atoms with Crippen LogP contribution in [0.15, 0.2) is 36.7 Å². The number of nitrogens with two attached hydrogens (primary N) is 2. The van der Waals surface area contributed by atoms with E-state index in [2.05, 4.69) is 20.6 Å². The summed E-state index contributed by atoms with van der Waals surface area (Å²) in [5.41, 5.74) is 12.9. The third-order valence-electron chi connectivity index (χ3n) is 5.92. The predicted molar refractivity (Wildman–Crippen MR) is 129 cm³/mol. The summed E-state index contributed by atoms with van der Waals surface area (Å²) in [6, 6.07) is 6.50. The van der Waals surface area contributed by atoms with Gasteiger partial charge < -0.3 is 31.6 Å². The normalized spacial score (nSPS) is 18.0. The summed E-state index contributed by atoms with van der Waals surface area (Å²) in [6.45, 7) is 0.771. The van der Waals surface area contributed by atoms with Gasteiger partial charge in [0.15, 0.2) is 5.82 Å². The van der Waals surface area contributed by atoms with Crippen molar-refractivity contribution in [1.82, 2.24) is 9.97 Å². The summed E-state index contributed by atoms with van der Waals surface area (Å²) in [6.07, 6.45) is 6.77. The second-order valence-electron chi connectivity index (χ2n) is 8.28. The van der Waals surface area contributed by atoms with Crippen LogP contribution >= 0.6 is 0 Å². The number of hydrogen-bond donors (Lipinski definition) is 4. The van der Waals surface area contributed by atoms with Crippen LogP contribution in [0.25, 0.3) is 10.9 Å². The Bertz CT molecular complexity index is 1170. The molecule has 2 unspecified atom stereocenters. The lowest BCUT2D eigenvalue weighted by Gasteiger charge is -2.30. The molecule has 4 rings (SSSR count). The second kappa shape index (κ2) is 10.6. The van der Waals surface area contributed by atoms with Gasteiger partial charge in [0.05, 0.1) is 40.6 Å². The number of nitrogens with one attached hydrogen (secondary N) is 2. The van der Waals surface area contributed by atoms with Gasteiger partial charge in [-0.1, -0.05) is 12.8 Å². The number of methoxy groups -OCH3 is 1. The molecule has 0 saturated heterocycles. The Kier molecular flexibility index (Phi) is 7.39. The zero-order chi connectivity index (χ0) is 24.1. The lowest BCUT2D eigenvalue weighted by atomic mass is 9.90. The minimum absolute atomic E-state index is 0.000514. The van der Waals surface area contributed by atoms with Gasteiger partial charge in [0, 0.05) is 37.5 Å². The van der Waals surface area contributed by atoms with Crippen molar-refractivity contribution in [2.45, 2.75) is 37.8 Å². The Hall–Kier alpha value is -3.50. The van der Waals surface area contributed by atoms with Gasteiger partial charge in [0.25, 0.3) is 5.91 Å². The minimum atomic E-state index is -0.670. The molecular weight excluding hydrogens is 439 g/mol. The number of carbonyl (C=O) groups excluding carboxylic acids is 1. The summed E-state index contributed by atoms with van der Waals surface area (Å²) in [5.74, 6) is -0.513. The van der Waals surface area contributed by atoms with E-state index >= 15 is 4.39 Å². The number of primary amides is 1. The number of aromatic nitrogens is 2. The van der Waals surface area contributed by atoms with E-state index in [-0.39, 0.29) is 29.2 Å². The molecule has 1 amide bonds. The molecule has 9 nitrogen and oxygen atoms in total. The first-order valence-corrected chi connectivity index (χ1v) is 11.3. The molecule has 0 radical (unpaired) electrons. The number of benzene rings is 1. The zero-order valence-corrected chi connectivity index (χ0v) is 19.0. The van der Waals surface area contributed by atoms with Gasteiger partial charge in [-0.2, -0.15) is 0 Å². The number of rotatable bonds is 9. The second-order valence-corrected chi connectivity index (χ2v) is 8.28. The molecule has 2 atom stereocenters. The van der Waals surface area contributed by atoms with Crippen molar-refractivity contribution in [3.63, 3.8) is 0 Å². The standard InChI is InChI=1S/C24H29FN6O3/c1-33-9-10-34-14-11-18-21(19(12-14)30-17-7-3-2-6-16(17)26)22(25)20(13-29-18)31-24-15(23(27)32)5-4-8-28-24/h4-5,8,11-13,16-17,30H,2-3,6-7,9-10,26H2,1H3,(H2,27,32)(H,28,31). The summed E-state index contributed by atoms with van der Waals surface area (Å²) in [4.78, 5) is 20.3. The van der Waals surface area contributed by atoms with E-state index in [1.54, 1.807) is 25.3 Å². The Balaban J connectivity index is 1.75. The maximum Gasteiger partial charge on any atom is 0.252 e. The predicted octanol–water partition coefficient (Wildman–Crippen LogP) is 3.32. The molecule has 1 aliphatic carbocycles. The fourth-order valence-corrected chi connectivity index (χ4v) is 4.16. The van der Waals surface area contributed by atoms with Gasteiger partial charge in [-0.05, 0) is 25.0 Å². The van der Waals surface area contributed by atoms with Crippen molar-refractivity contribution in [1.29, 1.82) is 0 Å². The fourth-order valence-electron chi connectivity index (χ4n) is 4.16. The van der Waals surface area contributed by atoms with Crippen molar-refractivity contribution in [2.75, 3.05) is 31.0 Å². The number of hydrogen-bond acceptors (Lipinski definition) is 8. The zero-order valence-electron chi connectivity index (χ0n) is 19.0. The Labute approximate surface area is 197 Å². The highest BCUT2D eigenvalue weighted by atomic mass is 19.1. The summed E-state index contributed by atoms with van der Waals surface area (Å²) < 4.78 is 26.7. The number of pyridine rings is 2. The molecule has 1 saturated carbocycles. The highest BCUT2D eigenvalue weighted by Crippen LogP contribution is 2.35. The van der Waals surface area contributed by atoms with Crippen molar-refractivity contribution < 1.29 is 18.7 Å². The Morgan fingerprint density at radius 3 is 2.79 bits per heavy atom. The van der Waals surface area contributed by atoms with Crippen LogP contribution in [0.5, 0.6) is 5.75 Å². The van der Waals surface area contributed by atoms with Crippen molar-refractivity contribution in [2.24, 2.45) is 11.5 Å². The molecule has 0 spiro atoms. The van der Waals surface area contributed by atoms with Crippen LogP contribution in [0.1, 0.15) is 36.0 Å². The molecule has 10 heteroatoms. The summed E-state index contributed by atoms with van der Waals surface area (Å²) in [7, 11) is 1.60. The highest BCUT2D eigenvalue weighted by Gasteiger charge is 2.24. The molecule has 3 aromatic rings. The van der Waals surface area contributed by atoms with Gasteiger partial charge in [-0.15, -0.1) is 0 Å². The van der Waals surface area contributed by atoms with Crippen molar-refractivity contribution >= 4 is 34.0 Å². The first kappa shape index (κ1) is 23.7. The number of anilines is 3. The molecule has 6 N–H and O–H groups in total. The highest BCUT2D eigenvalue weighted by molar-refractivity contribution is 5.99. The van der Waals surface area contributed by atoms with Crippen LogP contribution in [-0.2, 0) is 4.74 Å². The topological polar surface area (TPSA) is 137 Å². The van der Waals surface area contributed by atoms with Gasteiger partial charge in [-0.3, -0.25) is 9.78 Å². The molecular formula is C24H29FN6O3. The first-order chi connectivity index (χ1) is 16.5. The number of carbonyl (C=O) groups is 1. The van der Waals surface area contributed by atoms with E-state index in [4.69, 9.17) is 20.9 Å². The molecule has 0 aliphatic heterocycles. The van der Waals surface area contributed by atoms with E-state index in [0.717, 1.165) is 25.7 Å². The van der Waals surface area contributed by atoms with Crippen LogP contribution in [0.2, 0.25) is 0 Å². The largest absolute Gasteiger partial charge is 0.491 e. The van der Waals surface area contributed by atoms with Gasteiger partial charge in [-0.25, -0.2) is 9.37 Å². The number of nitrogens with zero attached hydrogens (tertiary/aromatic N) is 2. The molecule has 1 aliphatic rings. The van der Waals surface area contributed by atoms with Gasteiger partial charge in [0.2, 0.25) is 0 Å². The third kappa shape index (κ3) is 5.18. The van der Waals surface area contributed by atoms with E-state index in [0.29, 0.717) is 35.6 Å². The molecule has 0 bridgehead atoms. The smallest absolute Gasteiger partial charge is 0.252 e. The lowest BCUT2D eigenvalue weighted by Crippen LogP contribution is -2.42. The number of amides is 1. The van der Waals surface area contributed by atoms with Gasteiger partial charge in [0.1, 0.15) is 18.2 Å². The minimum Gasteiger partial charge on any atom is -0.491 e. The van der Waals surface area contributed by atoms with Crippen LogP contribution in [0, 0.1) is 5.82 Å². The summed E-state index contributed by atoms with van der Waals surface area (Å²) >= 11 is 0. The van der Waals surface area contributed by atoms with Crippen LogP contribution in [0.3, 0.4) is 0 Å². The van der Waals surface area contributed by atoms with E-state index < -0.39 is 11.7 Å². The van der Waals surface area contributed by atoms with Gasteiger partial charge >= 0.3 is 0 Å². The average Bonchev–Trinajstić information content (AvgIpc) is 2.82. The first-order valence-electron chi connectivity index (χ1n) is 11.3. The summed E-state index contributed by atoms with van der Waals surface area (Å²) in [5, 5.41) is 6.58. The number of ether oxygens (including phenoxy) is 2. The quantitative estimate of drug-likeness (QED) is 0.351. The maximum absolute atomic E-state index is 15.9. The van der Waals surface area contributed by atoms with E-state index in [9.17, 15) is 4.79 Å². The maximum atomic E-state index is 15.9.